The lowest BCUT2D eigenvalue weighted by Crippen LogP contribution is -2.30. The summed E-state index contributed by atoms with van der Waals surface area (Å²) in [6.07, 6.45) is 11.3. The van der Waals surface area contributed by atoms with E-state index in [1.165, 1.54) is 0 Å². The van der Waals surface area contributed by atoms with Crippen LogP contribution < -0.4 is 9.46 Å². The van der Waals surface area contributed by atoms with Crippen molar-refractivity contribution in [2.24, 2.45) is 11.8 Å². The molecular weight excluding hydrogens is 607 g/mol. The Bertz CT molecular complexity index is 1480. The highest BCUT2D eigenvalue weighted by Crippen LogP contribution is 2.46. The Morgan fingerprint density at radius 1 is 1.00 bits per heavy atom. The summed E-state index contributed by atoms with van der Waals surface area (Å²) in [5, 5.41) is 5.90. The van der Waals surface area contributed by atoms with E-state index < -0.39 is 10.9 Å². The first kappa shape index (κ1) is 30.0. The van der Waals surface area contributed by atoms with Gasteiger partial charge in [-0.25, -0.2) is 8.42 Å². The second-order valence-corrected chi connectivity index (χ2v) is 12.6. The fraction of sp³-hybridized carbons (Fsp3) is 0.400. The lowest BCUT2D eigenvalue weighted by atomic mass is 9.85. The SMILES string of the molecule is O=C(N[SH](=O)=O)C1CCCC(/C=C/c2ccc(OCc3c(-c4c(Cl)cccc4Cl)noc3C3CC3)cc2Cl)CCC1. The van der Waals surface area contributed by atoms with E-state index >= 15 is 0 Å². The number of nitrogens with one attached hydrogen (secondary N) is 1. The number of benzene rings is 2. The molecule has 0 radical (unpaired) electrons. The third-order valence-electron chi connectivity index (χ3n) is 7.70. The Hall–Kier alpha value is -2.52. The number of carbonyl (C=O) groups excluding carboxylic acids is 1. The minimum Gasteiger partial charge on any atom is -0.489 e. The molecule has 2 fully saturated rings. The standard InChI is InChI=1S/C30H31Cl3N2O5S/c31-24-8-3-9-25(32)27(24)28-23(29(40-34-28)20-12-13-20)17-39-22-15-14-19(26(33)16-22)11-10-18-4-1-6-21(7-2-5-18)30(36)35-41(37)38/h3,8-11,14-16,18,20-21,41H,1-2,4-7,12-13,17H2,(H,35,36,37,38)/b11-10+. The van der Waals surface area contributed by atoms with Crippen LogP contribution in [-0.4, -0.2) is 19.5 Å². The van der Waals surface area contributed by atoms with Gasteiger partial charge in [0.2, 0.25) is 16.8 Å². The van der Waals surface area contributed by atoms with Crippen molar-refractivity contribution >= 4 is 57.7 Å². The van der Waals surface area contributed by atoms with Gasteiger partial charge in [-0.05, 0) is 80.3 Å². The second-order valence-electron chi connectivity index (χ2n) is 10.6. The van der Waals surface area contributed by atoms with Crippen LogP contribution in [0, 0.1) is 11.8 Å². The summed E-state index contributed by atoms with van der Waals surface area (Å²) in [6.45, 7) is 0.240. The van der Waals surface area contributed by atoms with Gasteiger partial charge in [-0.3, -0.25) is 9.52 Å². The normalized spacial score (nSPS) is 19.7. The summed E-state index contributed by atoms with van der Waals surface area (Å²) < 4.78 is 35.5. The van der Waals surface area contributed by atoms with Gasteiger partial charge in [0.15, 0.2) is 0 Å². The molecule has 1 aromatic heterocycles. The van der Waals surface area contributed by atoms with E-state index in [-0.39, 0.29) is 18.4 Å². The van der Waals surface area contributed by atoms with Gasteiger partial charge in [-0.2, -0.15) is 0 Å². The van der Waals surface area contributed by atoms with E-state index in [1.807, 2.05) is 22.9 Å². The van der Waals surface area contributed by atoms with Gasteiger partial charge in [0, 0.05) is 17.4 Å². The first-order valence-corrected chi connectivity index (χ1v) is 16.1. The van der Waals surface area contributed by atoms with Crippen LogP contribution in [0.25, 0.3) is 17.3 Å². The van der Waals surface area contributed by atoms with E-state index in [9.17, 15) is 13.2 Å². The molecule has 218 valence electrons. The predicted octanol–water partition coefficient (Wildman–Crippen LogP) is 8.00. The van der Waals surface area contributed by atoms with Crippen molar-refractivity contribution < 1.29 is 22.5 Å². The van der Waals surface area contributed by atoms with Crippen molar-refractivity contribution in [1.29, 1.82) is 0 Å². The van der Waals surface area contributed by atoms with Crippen LogP contribution in [0.3, 0.4) is 0 Å². The molecule has 2 saturated carbocycles. The summed E-state index contributed by atoms with van der Waals surface area (Å²) >= 11 is 19.6. The Labute approximate surface area is 256 Å². The minimum absolute atomic E-state index is 0.240. The molecule has 5 rings (SSSR count). The van der Waals surface area contributed by atoms with Crippen molar-refractivity contribution in [2.45, 2.75) is 63.9 Å². The number of carbonyl (C=O) groups is 1. The van der Waals surface area contributed by atoms with Crippen LogP contribution in [0.4, 0.5) is 0 Å². The van der Waals surface area contributed by atoms with Crippen molar-refractivity contribution in [3.63, 3.8) is 0 Å². The molecule has 0 bridgehead atoms. The molecule has 0 unspecified atom stereocenters. The van der Waals surface area contributed by atoms with Crippen LogP contribution in [0.1, 0.15) is 74.2 Å². The Morgan fingerprint density at radius 3 is 2.34 bits per heavy atom. The molecule has 2 aliphatic rings. The first-order valence-electron chi connectivity index (χ1n) is 13.8. The number of allylic oxidation sites excluding steroid dienone is 1. The van der Waals surface area contributed by atoms with Gasteiger partial charge < -0.3 is 9.26 Å². The van der Waals surface area contributed by atoms with Gasteiger partial charge in [0.05, 0.1) is 20.6 Å². The Kier molecular flexibility index (Phi) is 9.96. The highest BCUT2D eigenvalue weighted by molar-refractivity contribution is 7.71. The van der Waals surface area contributed by atoms with Gasteiger partial charge in [0.25, 0.3) is 0 Å². The predicted molar refractivity (Wildman–Crippen MR) is 162 cm³/mol. The molecule has 0 atom stereocenters. The highest BCUT2D eigenvalue weighted by atomic mass is 35.5. The molecule has 7 nitrogen and oxygen atoms in total. The summed E-state index contributed by atoms with van der Waals surface area (Å²) in [4.78, 5) is 12.0. The van der Waals surface area contributed by atoms with E-state index in [0.29, 0.717) is 56.8 Å². The van der Waals surface area contributed by atoms with Crippen LogP contribution >= 0.6 is 34.8 Å². The quantitative estimate of drug-likeness (QED) is 0.231. The fourth-order valence-corrected chi connectivity index (χ4v) is 6.53. The molecule has 0 aliphatic heterocycles. The number of hydrogen-bond acceptors (Lipinski definition) is 6. The molecule has 1 N–H and O–H groups in total. The number of ether oxygens (including phenoxy) is 1. The maximum Gasteiger partial charge on any atom is 0.236 e. The van der Waals surface area contributed by atoms with Crippen LogP contribution in [0.2, 0.25) is 15.1 Å². The number of halogens is 3. The molecular formula is C30H31Cl3N2O5S. The molecule has 0 saturated heterocycles. The summed E-state index contributed by atoms with van der Waals surface area (Å²) in [6, 6.07) is 11.0. The lowest BCUT2D eigenvalue weighted by molar-refractivity contribution is -0.123. The van der Waals surface area contributed by atoms with Gasteiger partial charge >= 0.3 is 0 Å². The summed E-state index contributed by atoms with van der Waals surface area (Å²) in [5.41, 5.74) is 2.97. The Balaban J connectivity index is 1.22. The maximum atomic E-state index is 12.0. The van der Waals surface area contributed by atoms with Crippen molar-refractivity contribution in [1.82, 2.24) is 9.88 Å². The third-order valence-corrected chi connectivity index (χ3v) is 9.06. The topological polar surface area (TPSA) is 98.5 Å². The molecule has 1 heterocycles. The Morgan fingerprint density at radius 2 is 1.71 bits per heavy atom. The van der Waals surface area contributed by atoms with E-state index in [2.05, 4.69) is 11.2 Å². The van der Waals surface area contributed by atoms with E-state index in [1.54, 1.807) is 24.3 Å². The van der Waals surface area contributed by atoms with E-state index in [4.69, 9.17) is 44.1 Å². The molecule has 1 amide bonds. The molecule has 3 aromatic rings. The van der Waals surface area contributed by atoms with Crippen molar-refractivity contribution in [3.05, 3.63) is 74.4 Å². The van der Waals surface area contributed by atoms with E-state index in [0.717, 1.165) is 55.4 Å². The van der Waals surface area contributed by atoms with Gasteiger partial charge in [-0.1, -0.05) is 71.0 Å². The molecule has 11 heteroatoms. The van der Waals surface area contributed by atoms with Crippen LogP contribution in [0.5, 0.6) is 5.75 Å². The zero-order valence-electron chi connectivity index (χ0n) is 22.3. The number of rotatable bonds is 9. The van der Waals surface area contributed by atoms with Crippen LogP contribution in [-0.2, 0) is 22.3 Å². The smallest absolute Gasteiger partial charge is 0.236 e. The van der Waals surface area contributed by atoms with Gasteiger partial charge in [0.1, 0.15) is 23.8 Å². The number of nitrogens with zero attached hydrogens (tertiary/aromatic N) is 1. The number of amides is 1. The minimum atomic E-state index is -2.90. The highest BCUT2D eigenvalue weighted by Gasteiger charge is 2.33. The zero-order valence-corrected chi connectivity index (χ0v) is 25.4. The summed E-state index contributed by atoms with van der Waals surface area (Å²) in [5.74, 6) is 1.50. The summed E-state index contributed by atoms with van der Waals surface area (Å²) in [7, 11) is -2.90. The number of aromatic nitrogens is 1. The molecule has 41 heavy (non-hydrogen) atoms. The largest absolute Gasteiger partial charge is 0.489 e. The second kappa shape index (κ2) is 13.6. The van der Waals surface area contributed by atoms with Crippen molar-refractivity contribution in [3.8, 4) is 17.0 Å². The monoisotopic (exact) mass is 636 g/mol. The number of thiol groups is 1. The van der Waals surface area contributed by atoms with Crippen molar-refractivity contribution in [2.75, 3.05) is 0 Å². The lowest BCUT2D eigenvalue weighted by Gasteiger charge is -2.21. The fourth-order valence-electron chi connectivity index (χ4n) is 5.35. The third kappa shape index (κ3) is 7.66. The van der Waals surface area contributed by atoms with Crippen LogP contribution in [0.15, 0.2) is 47.0 Å². The average molecular weight is 638 g/mol. The first-order chi connectivity index (χ1) is 19.8. The zero-order chi connectivity index (χ0) is 28.9. The molecule has 2 aliphatic carbocycles. The maximum absolute atomic E-state index is 12.0. The van der Waals surface area contributed by atoms with Gasteiger partial charge in [-0.15, -0.1) is 0 Å². The molecule has 0 spiro atoms. The molecule has 2 aromatic carbocycles. The average Bonchev–Trinajstić information content (AvgIpc) is 3.67. The number of hydrogen-bond donors (Lipinski definition) is 2.